The van der Waals surface area contributed by atoms with E-state index < -0.39 is 0 Å². The van der Waals surface area contributed by atoms with Gasteiger partial charge in [0, 0.05) is 19.8 Å². The van der Waals surface area contributed by atoms with E-state index in [9.17, 15) is 4.79 Å². The lowest BCUT2D eigenvalue weighted by Crippen LogP contribution is -2.31. The molecule has 2 fully saturated rings. The van der Waals surface area contributed by atoms with Crippen molar-refractivity contribution >= 4 is 11.6 Å². The van der Waals surface area contributed by atoms with Crippen LogP contribution >= 0.6 is 0 Å². The fourth-order valence-electron chi connectivity index (χ4n) is 2.74. The first kappa shape index (κ1) is 11.6. The van der Waals surface area contributed by atoms with E-state index in [2.05, 4.69) is 10.4 Å². The van der Waals surface area contributed by atoms with Crippen LogP contribution in [0.4, 0.5) is 5.69 Å². The summed E-state index contributed by atoms with van der Waals surface area (Å²) in [6, 6.07) is 0. The molecule has 98 valence electrons. The molecule has 0 radical (unpaired) electrons. The fourth-order valence-corrected chi connectivity index (χ4v) is 2.74. The lowest BCUT2D eigenvalue weighted by molar-refractivity contribution is 0.0938. The summed E-state index contributed by atoms with van der Waals surface area (Å²) in [5.74, 6) is 2.23. The predicted octanol–water partition coefficient (Wildman–Crippen LogP) is 1.17. The molecular weight excluding hydrogens is 228 g/mol. The van der Waals surface area contributed by atoms with Crippen LogP contribution in [0.15, 0.2) is 6.20 Å². The fraction of sp³-hybridized carbons (Fsp3) is 0.692. The Morgan fingerprint density at radius 3 is 2.56 bits per heavy atom. The second-order valence-electron chi connectivity index (χ2n) is 5.66. The molecule has 3 rings (SSSR count). The van der Waals surface area contributed by atoms with Crippen LogP contribution in [0.25, 0.3) is 0 Å². The van der Waals surface area contributed by atoms with Crippen molar-refractivity contribution in [2.45, 2.75) is 25.7 Å². The average molecular weight is 248 g/mol. The molecular formula is C13H20N4O. The highest BCUT2D eigenvalue weighted by molar-refractivity contribution is 5.96. The largest absolute Gasteiger partial charge is 0.396 e. The highest BCUT2D eigenvalue weighted by atomic mass is 16.2. The number of anilines is 1. The Labute approximate surface area is 107 Å². The molecule has 0 bridgehead atoms. The van der Waals surface area contributed by atoms with Gasteiger partial charge in [0.25, 0.3) is 5.91 Å². The Morgan fingerprint density at radius 1 is 1.50 bits per heavy atom. The zero-order valence-electron chi connectivity index (χ0n) is 10.7. The Bertz CT molecular complexity index is 448. The van der Waals surface area contributed by atoms with Crippen molar-refractivity contribution in [3.63, 3.8) is 0 Å². The van der Waals surface area contributed by atoms with Crippen LogP contribution in [-0.4, -0.2) is 22.2 Å². The van der Waals surface area contributed by atoms with E-state index in [0.717, 1.165) is 18.4 Å². The number of hydrogen-bond acceptors (Lipinski definition) is 3. The molecule has 0 aliphatic heterocycles. The first-order valence-electron chi connectivity index (χ1n) is 6.72. The van der Waals surface area contributed by atoms with Crippen LogP contribution in [-0.2, 0) is 7.05 Å². The molecule has 0 saturated heterocycles. The first-order valence-corrected chi connectivity index (χ1v) is 6.72. The topological polar surface area (TPSA) is 72.9 Å². The second kappa shape index (κ2) is 4.30. The minimum absolute atomic E-state index is 0.139. The van der Waals surface area contributed by atoms with Gasteiger partial charge >= 0.3 is 0 Å². The summed E-state index contributed by atoms with van der Waals surface area (Å²) in [5, 5.41) is 7.09. The third-order valence-corrected chi connectivity index (χ3v) is 4.03. The third-order valence-electron chi connectivity index (χ3n) is 4.03. The van der Waals surface area contributed by atoms with Crippen LogP contribution in [0, 0.1) is 17.8 Å². The van der Waals surface area contributed by atoms with Gasteiger partial charge < -0.3 is 11.1 Å². The smallest absolute Gasteiger partial charge is 0.273 e. The van der Waals surface area contributed by atoms with Gasteiger partial charge in [0.2, 0.25) is 0 Å². The maximum atomic E-state index is 12.0. The van der Waals surface area contributed by atoms with Gasteiger partial charge in [0.1, 0.15) is 0 Å². The number of carbonyl (C=O) groups is 1. The van der Waals surface area contributed by atoms with Gasteiger partial charge in [-0.25, -0.2) is 0 Å². The Hall–Kier alpha value is -1.52. The molecule has 3 N–H and O–H groups in total. The lowest BCUT2D eigenvalue weighted by Gasteiger charge is -2.15. The van der Waals surface area contributed by atoms with Gasteiger partial charge in [-0.05, 0) is 43.4 Å². The maximum Gasteiger partial charge on any atom is 0.273 e. The van der Waals surface area contributed by atoms with E-state index in [-0.39, 0.29) is 5.91 Å². The molecule has 1 aromatic heterocycles. The zero-order valence-corrected chi connectivity index (χ0v) is 10.7. The molecule has 0 unspecified atom stereocenters. The molecule has 0 spiro atoms. The number of aromatic nitrogens is 2. The molecule has 2 saturated carbocycles. The molecule has 1 aromatic rings. The van der Waals surface area contributed by atoms with Crippen molar-refractivity contribution < 1.29 is 4.79 Å². The van der Waals surface area contributed by atoms with Gasteiger partial charge in [-0.15, -0.1) is 0 Å². The SMILES string of the molecule is Cn1cc(N)c(C(=O)NCC(C2CC2)C2CC2)n1. The summed E-state index contributed by atoms with van der Waals surface area (Å²) in [7, 11) is 1.77. The molecule has 0 aromatic carbocycles. The summed E-state index contributed by atoms with van der Waals surface area (Å²) in [4.78, 5) is 12.0. The molecule has 2 aliphatic rings. The number of carbonyl (C=O) groups excluding carboxylic acids is 1. The number of nitrogens with zero attached hydrogens (tertiary/aromatic N) is 2. The Morgan fingerprint density at radius 2 is 2.11 bits per heavy atom. The van der Waals surface area contributed by atoms with E-state index in [0.29, 0.717) is 17.3 Å². The van der Waals surface area contributed by atoms with E-state index in [1.165, 1.54) is 25.7 Å². The number of amides is 1. The van der Waals surface area contributed by atoms with Gasteiger partial charge in [0.15, 0.2) is 5.69 Å². The summed E-state index contributed by atoms with van der Waals surface area (Å²) in [6.45, 7) is 0.782. The standard InChI is InChI=1S/C13H20N4O/c1-17-7-11(14)12(16-17)13(18)15-6-10(8-2-3-8)9-4-5-9/h7-10H,2-6,14H2,1H3,(H,15,18). The summed E-state index contributed by atoms with van der Waals surface area (Å²) in [5.41, 5.74) is 6.55. The normalized spacial score (nSPS) is 19.2. The number of hydrogen-bond donors (Lipinski definition) is 2. The van der Waals surface area contributed by atoms with Crippen molar-refractivity contribution in [3.05, 3.63) is 11.9 Å². The zero-order chi connectivity index (χ0) is 12.7. The molecule has 5 heteroatoms. The molecule has 1 amide bonds. The van der Waals surface area contributed by atoms with Gasteiger partial charge in [-0.3, -0.25) is 9.48 Å². The van der Waals surface area contributed by atoms with E-state index >= 15 is 0 Å². The summed E-state index contributed by atoms with van der Waals surface area (Å²) in [6.07, 6.45) is 7.01. The summed E-state index contributed by atoms with van der Waals surface area (Å²) >= 11 is 0. The number of nitrogens with two attached hydrogens (primary N) is 1. The molecule has 18 heavy (non-hydrogen) atoms. The first-order chi connectivity index (χ1) is 8.65. The van der Waals surface area contributed by atoms with Gasteiger partial charge in [0.05, 0.1) is 5.69 Å². The highest BCUT2D eigenvalue weighted by Crippen LogP contribution is 2.48. The highest BCUT2D eigenvalue weighted by Gasteiger charge is 2.41. The maximum absolute atomic E-state index is 12.0. The summed E-state index contributed by atoms with van der Waals surface area (Å²) < 4.78 is 1.57. The quantitative estimate of drug-likeness (QED) is 0.821. The molecule has 1 heterocycles. The van der Waals surface area contributed by atoms with Crippen molar-refractivity contribution in [3.8, 4) is 0 Å². The number of nitrogens with one attached hydrogen (secondary N) is 1. The van der Waals surface area contributed by atoms with Crippen LogP contribution < -0.4 is 11.1 Å². The van der Waals surface area contributed by atoms with Crippen molar-refractivity contribution in [2.24, 2.45) is 24.8 Å². The second-order valence-corrected chi connectivity index (χ2v) is 5.66. The van der Waals surface area contributed by atoms with Gasteiger partial charge in [-0.1, -0.05) is 0 Å². The van der Waals surface area contributed by atoms with Crippen LogP contribution in [0.1, 0.15) is 36.2 Å². The minimum atomic E-state index is -0.139. The van der Waals surface area contributed by atoms with Crippen LogP contribution in [0.5, 0.6) is 0 Å². The van der Waals surface area contributed by atoms with Crippen LogP contribution in [0.3, 0.4) is 0 Å². The van der Waals surface area contributed by atoms with Crippen molar-refractivity contribution in [2.75, 3.05) is 12.3 Å². The molecule has 0 atom stereocenters. The van der Waals surface area contributed by atoms with Gasteiger partial charge in [-0.2, -0.15) is 5.10 Å². The van der Waals surface area contributed by atoms with E-state index in [1.807, 2.05) is 0 Å². The number of nitrogen functional groups attached to an aromatic ring is 1. The Balaban J connectivity index is 1.58. The number of rotatable bonds is 5. The predicted molar refractivity (Wildman–Crippen MR) is 68.9 cm³/mol. The van der Waals surface area contributed by atoms with Crippen molar-refractivity contribution in [1.29, 1.82) is 0 Å². The number of aryl methyl sites for hydroxylation is 1. The average Bonchev–Trinajstić information content (AvgIpc) is 3.19. The lowest BCUT2D eigenvalue weighted by atomic mass is 9.98. The molecule has 2 aliphatic carbocycles. The molecule has 5 nitrogen and oxygen atoms in total. The minimum Gasteiger partial charge on any atom is -0.396 e. The van der Waals surface area contributed by atoms with E-state index in [4.69, 9.17) is 5.73 Å². The van der Waals surface area contributed by atoms with Crippen LogP contribution in [0.2, 0.25) is 0 Å². The van der Waals surface area contributed by atoms with E-state index in [1.54, 1.807) is 17.9 Å². The third kappa shape index (κ3) is 2.35. The Kier molecular flexibility index (Phi) is 2.76. The van der Waals surface area contributed by atoms with Crippen molar-refractivity contribution in [1.82, 2.24) is 15.1 Å². The monoisotopic (exact) mass is 248 g/mol.